The second-order valence-corrected chi connectivity index (χ2v) is 5.02. The number of rotatable bonds is 7. The predicted molar refractivity (Wildman–Crippen MR) is 70.6 cm³/mol. The van der Waals surface area contributed by atoms with E-state index in [1.807, 2.05) is 0 Å². The van der Waals surface area contributed by atoms with Crippen molar-refractivity contribution in [3.63, 3.8) is 0 Å². The van der Waals surface area contributed by atoms with Crippen LogP contribution in [0.5, 0.6) is 0 Å². The third-order valence-corrected chi connectivity index (χ3v) is 3.29. The van der Waals surface area contributed by atoms with E-state index in [4.69, 9.17) is 9.47 Å². The fourth-order valence-corrected chi connectivity index (χ4v) is 2.14. The molecule has 0 aromatic rings. The van der Waals surface area contributed by atoms with Crippen molar-refractivity contribution in [3.8, 4) is 0 Å². The minimum absolute atomic E-state index is 0.0194. The average molecular weight is 258 g/mol. The van der Waals surface area contributed by atoms with Gasteiger partial charge in [0.1, 0.15) is 6.61 Å². The van der Waals surface area contributed by atoms with Crippen LogP contribution in [0, 0.1) is 0 Å². The Balaban J connectivity index is 2.10. The SMILES string of the molecule is COCCOCC(=O)NC1CCN(C(C)C)CC1. The number of hydrogen-bond acceptors (Lipinski definition) is 4. The van der Waals surface area contributed by atoms with Crippen LogP contribution < -0.4 is 5.32 Å². The maximum atomic E-state index is 11.6. The van der Waals surface area contributed by atoms with Gasteiger partial charge in [-0.25, -0.2) is 0 Å². The number of piperidine rings is 1. The number of hydrogen-bond donors (Lipinski definition) is 1. The average Bonchev–Trinajstić information content (AvgIpc) is 2.35. The van der Waals surface area contributed by atoms with Crippen molar-refractivity contribution < 1.29 is 14.3 Å². The monoisotopic (exact) mass is 258 g/mol. The predicted octanol–water partition coefficient (Wildman–Crippen LogP) is 0.638. The van der Waals surface area contributed by atoms with Gasteiger partial charge in [-0.2, -0.15) is 0 Å². The minimum atomic E-state index is -0.0194. The summed E-state index contributed by atoms with van der Waals surface area (Å²) in [7, 11) is 1.62. The van der Waals surface area contributed by atoms with E-state index < -0.39 is 0 Å². The molecule has 1 amide bonds. The van der Waals surface area contributed by atoms with Gasteiger partial charge >= 0.3 is 0 Å². The van der Waals surface area contributed by atoms with Crippen molar-refractivity contribution in [2.24, 2.45) is 0 Å². The molecule has 0 aromatic carbocycles. The van der Waals surface area contributed by atoms with E-state index in [-0.39, 0.29) is 12.5 Å². The number of nitrogens with one attached hydrogen (secondary N) is 1. The molecule has 1 aliphatic heterocycles. The molecule has 106 valence electrons. The Kier molecular flexibility index (Phi) is 7.23. The second kappa shape index (κ2) is 8.45. The molecule has 1 heterocycles. The first-order chi connectivity index (χ1) is 8.63. The standard InChI is InChI=1S/C13H26N2O3/c1-11(2)15-6-4-12(5-7-15)14-13(16)10-18-9-8-17-3/h11-12H,4-10H2,1-3H3,(H,14,16). The van der Waals surface area contributed by atoms with Crippen LogP contribution in [-0.4, -0.2) is 62.9 Å². The van der Waals surface area contributed by atoms with Crippen LogP contribution in [0.3, 0.4) is 0 Å². The van der Waals surface area contributed by atoms with E-state index in [1.165, 1.54) is 0 Å². The van der Waals surface area contributed by atoms with Crippen molar-refractivity contribution in [2.45, 2.75) is 38.8 Å². The Morgan fingerprint density at radius 1 is 1.33 bits per heavy atom. The molecule has 0 aliphatic carbocycles. The van der Waals surface area contributed by atoms with Crippen molar-refractivity contribution >= 4 is 5.91 Å². The van der Waals surface area contributed by atoms with Gasteiger partial charge in [0.25, 0.3) is 0 Å². The van der Waals surface area contributed by atoms with Gasteiger partial charge in [0, 0.05) is 32.3 Å². The quantitative estimate of drug-likeness (QED) is 0.681. The molecule has 1 aliphatic rings. The maximum Gasteiger partial charge on any atom is 0.246 e. The summed E-state index contributed by atoms with van der Waals surface area (Å²) in [4.78, 5) is 14.0. The minimum Gasteiger partial charge on any atom is -0.382 e. The number of amides is 1. The Labute approximate surface area is 110 Å². The Morgan fingerprint density at radius 2 is 2.00 bits per heavy atom. The lowest BCUT2D eigenvalue weighted by Crippen LogP contribution is -2.47. The van der Waals surface area contributed by atoms with Crippen LogP contribution in [0.4, 0.5) is 0 Å². The van der Waals surface area contributed by atoms with Crippen molar-refractivity contribution in [3.05, 3.63) is 0 Å². The summed E-state index contributed by atoms with van der Waals surface area (Å²) in [6, 6.07) is 0.901. The van der Waals surface area contributed by atoms with E-state index >= 15 is 0 Å². The molecule has 1 fully saturated rings. The van der Waals surface area contributed by atoms with Crippen molar-refractivity contribution in [2.75, 3.05) is 40.0 Å². The summed E-state index contributed by atoms with van der Waals surface area (Å²) in [6.45, 7) is 7.68. The van der Waals surface area contributed by atoms with Crippen LogP contribution in [0.15, 0.2) is 0 Å². The zero-order valence-electron chi connectivity index (χ0n) is 11.8. The van der Waals surface area contributed by atoms with Gasteiger partial charge in [0.2, 0.25) is 5.91 Å². The van der Waals surface area contributed by atoms with E-state index in [2.05, 4.69) is 24.1 Å². The fourth-order valence-electron chi connectivity index (χ4n) is 2.14. The third-order valence-electron chi connectivity index (χ3n) is 3.29. The summed E-state index contributed by atoms with van der Waals surface area (Å²) in [5.41, 5.74) is 0. The zero-order chi connectivity index (χ0) is 13.4. The van der Waals surface area contributed by atoms with Crippen molar-refractivity contribution in [1.29, 1.82) is 0 Å². The Bertz CT molecular complexity index is 238. The molecule has 5 nitrogen and oxygen atoms in total. The molecule has 18 heavy (non-hydrogen) atoms. The summed E-state index contributed by atoms with van der Waals surface area (Å²) in [5, 5.41) is 3.02. The number of likely N-dealkylation sites (tertiary alicyclic amines) is 1. The molecule has 5 heteroatoms. The van der Waals surface area contributed by atoms with Gasteiger partial charge in [-0.15, -0.1) is 0 Å². The topological polar surface area (TPSA) is 50.8 Å². The largest absolute Gasteiger partial charge is 0.382 e. The van der Waals surface area contributed by atoms with E-state index in [1.54, 1.807) is 7.11 Å². The van der Waals surface area contributed by atoms with Crippen molar-refractivity contribution in [1.82, 2.24) is 10.2 Å². The van der Waals surface area contributed by atoms with Gasteiger partial charge in [-0.05, 0) is 26.7 Å². The van der Waals surface area contributed by atoms with Gasteiger partial charge < -0.3 is 19.7 Å². The first kappa shape index (κ1) is 15.4. The second-order valence-electron chi connectivity index (χ2n) is 5.02. The summed E-state index contributed by atoms with van der Waals surface area (Å²) in [6.07, 6.45) is 2.06. The molecular weight excluding hydrogens is 232 g/mol. The highest BCUT2D eigenvalue weighted by molar-refractivity contribution is 5.77. The number of nitrogens with zero attached hydrogens (tertiary/aromatic N) is 1. The van der Waals surface area contributed by atoms with Gasteiger partial charge in [-0.3, -0.25) is 4.79 Å². The zero-order valence-corrected chi connectivity index (χ0v) is 11.8. The molecule has 0 unspecified atom stereocenters. The van der Waals surface area contributed by atoms with Crippen LogP contribution in [0.1, 0.15) is 26.7 Å². The van der Waals surface area contributed by atoms with E-state index in [0.717, 1.165) is 25.9 Å². The summed E-state index contributed by atoms with van der Waals surface area (Å²) >= 11 is 0. The molecule has 0 bridgehead atoms. The molecule has 1 saturated heterocycles. The van der Waals surface area contributed by atoms with E-state index in [9.17, 15) is 4.79 Å². The van der Waals surface area contributed by atoms with Gasteiger partial charge in [0.15, 0.2) is 0 Å². The Hall–Kier alpha value is -0.650. The lowest BCUT2D eigenvalue weighted by atomic mass is 10.0. The summed E-state index contributed by atoms with van der Waals surface area (Å²) in [5.74, 6) is -0.0194. The smallest absolute Gasteiger partial charge is 0.246 e. The first-order valence-electron chi connectivity index (χ1n) is 6.73. The van der Waals surface area contributed by atoms with Crippen LogP contribution in [0.25, 0.3) is 0 Å². The molecule has 0 saturated carbocycles. The van der Waals surface area contributed by atoms with Gasteiger partial charge in [0.05, 0.1) is 13.2 Å². The molecule has 0 atom stereocenters. The third kappa shape index (κ3) is 5.80. The molecule has 1 rings (SSSR count). The highest BCUT2D eigenvalue weighted by atomic mass is 16.5. The first-order valence-corrected chi connectivity index (χ1v) is 6.73. The molecular formula is C13H26N2O3. The van der Waals surface area contributed by atoms with Gasteiger partial charge in [-0.1, -0.05) is 0 Å². The lowest BCUT2D eigenvalue weighted by molar-refractivity contribution is -0.127. The highest BCUT2D eigenvalue weighted by Crippen LogP contribution is 2.12. The number of carbonyl (C=O) groups excluding carboxylic acids is 1. The summed E-state index contributed by atoms with van der Waals surface area (Å²) < 4.78 is 10.0. The highest BCUT2D eigenvalue weighted by Gasteiger charge is 2.21. The van der Waals surface area contributed by atoms with Crippen LogP contribution in [0.2, 0.25) is 0 Å². The molecule has 0 spiro atoms. The normalized spacial score (nSPS) is 18.2. The Morgan fingerprint density at radius 3 is 2.56 bits per heavy atom. The molecule has 0 radical (unpaired) electrons. The number of methoxy groups -OCH3 is 1. The lowest BCUT2D eigenvalue weighted by Gasteiger charge is -2.34. The molecule has 0 aromatic heterocycles. The fraction of sp³-hybridized carbons (Fsp3) is 0.923. The van der Waals surface area contributed by atoms with Crippen LogP contribution in [-0.2, 0) is 14.3 Å². The maximum absolute atomic E-state index is 11.6. The van der Waals surface area contributed by atoms with E-state index in [0.29, 0.717) is 25.3 Å². The van der Waals surface area contributed by atoms with Crippen LogP contribution >= 0.6 is 0 Å². The molecule has 1 N–H and O–H groups in total. The number of ether oxygens (including phenoxy) is 2. The number of carbonyl (C=O) groups is 1.